The zero-order chi connectivity index (χ0) is 19.9. The SMILES string of the molecule is CN(CCOc1ccccc1F)CCC(=O)Nc1ccc(S(N)(=O)=O)cc1. The first-order valence-electron chi connectivity index (χ1n) is 8.24. The van der Waals surface area contributed by atoms with E-state index in [1.807, 2.05) is 11.9 Å². The van der Waals surface area contributed by atoms with E-state index >= 15 is 0 Å². The van der Waals surface area contributed by atoms with Crippen LogP contribution < -0.4 is 15.2 Å². The lowest BCUT2D eigenvalue weighted by molar-refractivity contribution is -0.116. The van der Waals surface area contributed by atoms with Crippen LogP contribution in [-0.2, 0) is 14.8 Å². The average Bonchev–Trinajstić information content (AvgIpc) is 2.61. The Kier molecular flexibility index (Phi) is 7.28. The minimum absolute atomic E-state index is 0.0184. The number of benzene rings is 2. The van der Waals surface area contributed by atoms with Crippen molar-refractivity contribution in [2.75, 3.05) is 32.1 Å². The van der Waals surface area contributed by atoms with Gasteiger partial charge in [0.25, 0.3) is 0 Å². The van der Waals surface area contributed by atoms with Gasteiger partial charge in [0.1, 0.15) is 6.61 Å². The van der Waals surface area contributed by atoms with Crippen LogP contribution in [0.3, 0.4) is 0 Å². The van der Waals surface area contributed by atoms with E-state index in [0.717, 1.165) is 0 Å². The van der Waals surface area contributed by atoms with Crippen LogP contribution in [0.2, 0.25) is 0 Å². The predicted molar refractivity (Wildman–Crippen MR) is 100 cm³/mol. The molecule has 1 amide bonds. The lowest BCUT2D eigenvalue weighted by atomic mass is 10.3. The second kappa shape index (κ2) is 9.45. The number of nitrogens with two attached hydrogens (primary N) is 1. The molecule has 0 aliphatic rings. The summed E-state index contributed by atoms with van der Waals surface area (Å²) in [5, 5.41) is 7.71. The van der Waals surface area contributed by atoms with Crippen LogP contribution in [0.4, 0.5) is 10.1 Å². The monoisotopic (exact) mass is 395 g/mol. The van der Waals surface area contributed by atoms with Crippen molar-refractivity contribution in [3.63, 3.8) is 0 Å². The smallest absolute Gasteiger partial charge is 0.238 e. The third-order valence-electron chi connectivity index (χ3n) is 3.75. The number of carbonyl (C=O) groups is 1. The quantitative estimate of drug-likeness (QED) is 0.674. The van der Waals surface area contributed by atoms with Crippen molar-refractivity contribution in [3.8, 4) is 5.75 Å². The van der Waals surface area contributed by atoms with Crippen LogP contribution in [0.15, 0.2) is 53.4 Å². The normalized spacial score (nSPS) is 11.4. The number of hydrogen-bond acceptors (Lipinski definition) is 5. The second-order valence-electron chi connectivity index (χ2n) is 5.95. The first-order chi connectivity index (χ1) is 12.8. The third kappa shape index (κ3) is 6.97. The largest absolute Gasteiger partial charge is 0.489 e. The molecule has 0 heterocycles. The molecule has 0 unspecified atom stereocenters. The molecule has 9 heteroatoms. The van der Waals surface area contributed by atoms with Crippen LogP contribution >= 0.6 is 0 Å². The molecule has 0 saturated heterocycles. The molecule has 0 aliphatic heterocycles. The van der Waals surface area contributed by atoms with Gasteiger partial charge < -0.3 is 15.0 Å². The van der Waals surface area contributed by atoms with Crippen molar-refractivity contribution in [2.45, 2.75) is 11.3 Å². The van der Waals surface area contributed by atoms with Gasteiger partial charge in [0.05, 0.1) is 4.90 Å². The van der Waals surface area contributed by atoms with Crippen LogP contribution in [0.1, 0.15) is 6.42 Å². The van der Waals surface area contributed by atoms with Crippen molar-refractivity contribution in [2.24, 2.45) is 5.14 Å². The topological polar surface area (TPSA) is 102 Å². The first kappa shape index (κ1) is 20.8. The average molecular weight is 395 g/mol. The van der Waals surface area contributed by atoms with E-state index < -0.39 is 15.8 Å². The van der Waals surface area contributed by atoms with Crippen LogP contribution in [0, 0.1) is 5.82 Å². The summed E-state index contributed by atoms with van der Waals surface area (Å²) in [6.45, 7) is 1.32. The number of ether oxygens (including phenoxy) is 1. The van der Waals surface area contributed by atoms with Gasteiger partial charge >= 0.3 is 0 Å². The number of sulfonamides is 1. The highest BCUT2D eigenvalue weighted by molar-refractivity contribution is 7.89. The molecule has 3 N–H and O–H groups in total. The summed E-state index contributed by atoms with van der Waals surface area (Å²) < 4.78 is 41.2. The van der Waals surface area contributed by atoms with Gasteiger partial charge in [-0.25, -0.2) is 17.9 Å². The fourth-order valence-corrected chi connectivity index (χ4v) is 2.74. The van der Waals surface area contributed by atoms with Crippen molar-refractivity contribution < 1.29 is 22.3 Å². The Balaban J connectivity index is 1.71. The molecule has 0 atom stereocenters. The molecule has 0 radical (unpaired) electrons. The molecule has 0 saturated carbocycles. The summed E-state index contributed by atoms with van der Waals surface area (Å²) in [7, 11) is -1.92. The second-order valence-corrected chi connectivity index (χ2v) is 7.51. The molecule has 2 aromatic carbocycles. The molecule has 27 heavy (non-hydrogen) atoms. The molecule has 2 aromatic rings. The number of likely N-dealkylation sites (N-methyl/N-ethyl adjacent to an activating group) is 1. The third-order valence-corrected chi connectivity index (χ3v) is 4.68. The summed E-state index contributed by atoms with van der Waals surface area (Å²) in [4.78, 5) is 13.9. The van der Waals surface area contributed by atoms with E-state index in [0.29, 0.717) is 25.4 Å². The minimum atomic E-state index is -3.76. The molecule has 0 aliphatic carbocycles. The van der Waals surface area contributed by atoms with Gasteiger partial charge in [0.2, 0.25) is 15.9 Å². The van der Waals surface area contributed by atoms with Crippen LogP contribution in [0.5, 0.6) is 5.75 Å². The maximum atomic E-state index is 13.4. The lowest BCUT2D eigenvalue weighted by Gasteiger charge is -2.17. The summed E-state index contributed by atoms with van der Waals surface area (Å²) in [5.74, 6) is -0.417. The zero-order valence-electron chi connectivity index (χ0n) is 14.9. The van der Waals surface area contributed by atoms with Gasteiger partial charge in [-0.15, -0.1) is 0 Å². The number of nitrogens with one attached hydrogen (secondary N) is 1. The maximum absolute atomic E-state index is 13.4. The molecule has 2 rings (SSSR count). The van der Waals surface area contributed by atoms with Crippen molar-refractivity contribution in [1.29, 1.82) is 0 Å². The van der Waals surface area contributed by atoms with Gasteiger partial charge in [-0.3, -0.25) is 4.79 Å². The summed E-state index contributed by atoms with van der Waals surface area (Å²) in [5.41, 5.74) is 0.484. The van der Waals surface area contributed by atoms with E-state index in [2.05, 4.69) is 5.32 Å². The fourth-order valence-electron chi connectivity index (χ4n) is 2.23. The zero-order valence-corrected chi connectivity index (χ0v) is 15.7. The highest BCUT2D eigenvalue weighted by atomic mass is 32.2. The molecule has 7 nitrogen and oxygen atoms in total. The number of carbonyl (C=O) groups excluding carboxylic acids is 1. The molecular weight excluding hydrogens is 373 g/mol. The number of primary sulfonamides is 1. The summed E-state index contributed by atoms with van der Waals surface area (Å²) >= 11 is 0. The Hall–Kier alpha value is -2.49. The van der Waals surface area contributed by atoms with E-state index in [9.17, 15) is 17.6 Å². The summed E-state index contributed by atoms with van der Waals surface area (Å²) in [6, 6.07) is 11.8. The number of nitrogens with zero attached hydrogens (tertiary/aromatic N) is 1. The summed E-state index contributed by atoms with van der Waals surface area (Å²) in [6.07, 6.45) is 0.243. The van der Waals surface area contributed by atoms with Gasteiger partial charge in [-0.2, -0.15) is 0 Å². The fraction of sp³-hybridized carbons (Fsp3) is 0.278. The number of para-hydroxylation sites is 1. The Labute approximate surface area is 158 Å². The van der Waals surface area contributed by atoms with Gasteiger partial charge in [0, 0.05) is 25.2 Å². The van der Waals surface area contributed by atoms with Gasteiger partial charge in [-0.1, -0.05) is 12.1 Å². The molecule has 0 aromatic heterocycles. The Morgan fingerprint density at radius 3 is 2.44 bits per heavy atom. The van der Waals surface area contributed by atoms with Crippen LogP contribution in [-0.4, -0.2) is 46.0 Å². The lowest BCUT2D eigenvalue weighted by Crippen LogP contribution is -2.28. The Morgan fingerprint density at radius 1 is 1.15 bits per heavy atom. The van der Waals surface area contributed by atoms with E-state index in [-0.39, 0.29) is 23.0 Å². The molecule has 0 fully saturated rings. The molecular formula is C18H22FN3O4S. The number of halogens is 1. The number of anilines is 1. The minimum Gasteiger partial charge on any atom is -0.489 e. The Morgan fingerprint density at radius 2 is 1.81 bits per heavy atom. The van der Waals surface area contributed by atoms with Crippen molar-refractivity contribution in [3.05, 3.63) is 54.3 Å². The molecule has 0 bridgehead atoms. The first-order valence-corrected chi connectivity index (χ1v) is 9.79. The van der Waals surface area contributed by atoms with E-state index in [1.165, 1.54) is 30.3 Å². The van der Waals surface area contributed by atoms with Crippen molar-refractivity contribution >= 4 is 21.6 Å². The van der Waals surface area contributed by atoms with E-state index in [4.69, 9.17) is 9.88 Å². The highest BCUT2D eigenvalue weighted by Crippen LogP contribution is 2.15. The van der Waals surface area contributed by atoms with Crippen LogP contribution in [0.25, 0.3) is 0 Å². The number of hydrogen-bond donors (Lipinski definition) is 2. The number of rotatable bonds is 9. The standard InChI is InChI=1S/C18H22FN3O4S/c1-22(12-13-26-17-5-3-2-4-16(17)19)11-10-18(23)21-14-6-8-15(9-7-14)27(20,24)25/h2-9H,10-13H2,1H3,(H,21,23)(H2,20,24,25). The van der Waals surface area contributed by atoms with Gasteiger partial charge in [0.15, 0.2) is 11.6 Å². The maximum Gasteiger partial charge on any atom is 0.238 e. The Bertz CT molecular complexity index is 872. The predicted octanol–water partition coefficient (Wildman–Crippen LogP) is 1.81. The molecule has 146 valence electrons. The highest BCUT2D eigenvalue weighted by Gasteiger charge is 2.09. The van der Waals surface area contributed by atoms with E-state index in [1.54, 1.807) is 18.2 Å². The van der Waals surface area contributed by atoms with Crippen molar-refractivity contribution in [1.82, 2.24) is 4.90 Å². The molecule has 0 spiro atoms. The number of amides is 1. The van der Waals surface area contributed by atoms with Gasteiger partial charge in [-0.05, 0) is 43.4 Å².